The zero-order valence-electron chi connectivity index (χ0n) is 10.5. The number of unbranched alkanes of at least 4 members (excludes halogenated alkanes) is 3. The van der Waals surface area contributed by atoms with Crippen LogP contribution in [0.15, 0.2) is 0 Å². The van der Waals surface area contributed by atoms with Crippen LogP contribution in [0, 0.1) is 0 Å². The minimum atomic E-state index is 0.451. The summed E-state index contributed by atoms with van der Waals surface area (Å²) >= 11 is 0. The second kappa shape index (κ2) is 9.51. The van der Waals surface area contributed by atoms with E-state index in [2.05, 4.69) is 27.7 Å². The molecule has 0 aliphatic rings. The highest BCUT2D eigenvalue weighted by Gasteiger charge is 2.07. The van der Waals surface area contributed by atoms with Crippen LogP contribution >= 0.6 is 0 Å². The molecular formula is C13H28O. The van der Waals surface area contributed by atoms with Crippen LogP contribution in [0.5, 0.6) is 0 Å². The summed E-state index contributed by atoms with van der Waals surface area (Å²) in [6.45, 7) is 8.89. The SMILES string of the molecule is CCCCCC(C)OC(C)CCCC. The van der Waals surface area contributed by atoms with Crippen molar-refractivity contribution in [2.45, 2.75) is 84.8 Å². The summed E-state index contributed by atoms with van der Waals surface area (Å²) in [5.74, 6) is 0. The highest BCUT2D eigenvalue weighted by atomic mass is 16.5. The van der Waals surface area contributed by atoms with Gasteiger partial charge in [-0.2, -0.15) is 0 Å². The maximum atomic E-state index is 5.90. The van der Waals surface area contributed by atoms with Gasteiger partial charge in [0, 0.05) is 0 Å². The minimum Gasteiger partial charge on any atom is -0.376 e. The molecule has 2 atom stereocenters. The van der Waals surface area contributed by atoms with E-state index in [4.69, 9.17) is 4.74 Å². The fraction of sp³-hybridized carbons (Fsp3) is 1.00. The van der Waals surface area contributed by atoms with Gasteiger partial charge in [0.25, 0.3) is 0 Å². The lowest BCUT2D eigenvalue weighted by atomic mass is 10.1. The van der Waals surface area contributed by atoms with Crippen LogP contribution in [0.2, 0.25) is 0 Å². The summed E-state index contributed by atoms with van der Waals surface area (Å²) in [4.78, 5) is 0. The Balaban J connectivity index is 3.35. The van der Waals surface area contributed by atoms with Gasteiger partial charge < -0.3 is 4.74 Å². The van der Waals surface area contributed by atoms with E-state index in [1.165, 1.54) is 44.9 Å². The predicted octanol–water partition coefficient (Wildman–Crippen LogP) is 4.55. The first-order valence-corrected chi connectivity index (χ1v) is 6.36. The summed E-state index contributed by atoms with van der Waals surface area (Å²) in [5.41, 5.74) is 0. The zero-order chi connectivity index (χ0) is 10.8. The first-order valence-electron chi connectivity index (χ1n) is 6.36. The Morgan fingerprint density at radius 2 is 1.29 bits per heavy atom. The molecule has 0 amide bonds. The fourth-order valence-electron chi connectivity index (χ4n) is 1.71. The summed E-state index contributed by atoms with van der Waals surface area (Å²) in [5, 5.41) is 0. The molecular weight excluding hydrogens is 172 g/mol. The van der Waals surface area contributed by atoms with Gasteiger partial charge >= 0.3 is 0 Å². The van der Waals surface area contributed by atoms with Gasteiger partial charge in [0.15, 0.2) is 0 Å². The number of ether oxygens (including phenoxy) is 1. The van der Waals surface area contributed by atoms with Crippen LogP contribution in [0.4, 0.5) is 0 Å². The quantitative estimate of drug-likeness (QED) is 0.496. The van der Waals surface area contributed by atoms with Crippen LogP contribution in [-0.2, 0) is 4.74 Å². The first kappa shape index (κ1) is 14.0. The number of hydrogen-bond acceptors (Lipinski definition) is 1. The van der Waals surface area contributed by atoms with Crippen molar-refractivity contribution in [1.82, 2.24) is 0 Å². The normalized spacial score (nSPS) is 15.4. The van der Waals surface area contributed by atoms with E-state index in [0.717, 1.165) is 0 Å². The molecule has 0 radical (unpaired) electrons. The average Bonchev–Trinajstić information content (AvgIpc) is 2.15. The molecule has 14 heavy (non-hydrogen) atoms. The molecule has 0 rings (SSSR count). The molecule has 0 heterocycles. The van der Waals surface area contributed by atoms with E-state index in [9.17, 15) is 0 Å². The smallest absolute Gasteiger partial charge is 0.0550 e. The summed E-state index contributed by atoms with van der Waals surface area (Å²) in [6, 6.07) is 0. The lowest BCUT2D eigenvalue weighted by Gasteiger charge is -2.18. The van der Waals surface area contributed by atoms with Crippen molar-refractivity contribution in [3.05, 3.63) is 0 Å². The second-order valence-corrected chi connectivity index (χ2v) is 4.40. The predicted molar refractivity (Wildman–Crippen MR) is 63.7 cm³/mol. The third kappa shape index (κ3) is 8.55. The van der Waals surface area contributed by atoms with E-state index < -0.39 is 0 Å². The Morgan fingerprint density at radius 1 is 0.786 bits per heavy atom. The maximum absolute atomic E-state index is 5.90. The van der Waals surface area contributed by atoms with Crippen LogP contribution < -0.4 is 0 Å². The molecule has 86 valence electrons. The van der Waals surface area contributed by atoms with Crippen LogP contribution in [0.25, 0.3) is 0 Å². The van der Waals surface area contributed by atoms with Gasteiger partial charge in [-0.15, -0.1) is 0 Å². The monoisotopic (exact) mass is 200 g/mol. The Kier molecular flexibility index (Phi) is 9.49. The summed E-state index contributed by atoms with van der Waals surface area (Å²) in [6.07, 6.45) is 9.88. The Hall–Kier alpha value is -0.0400. The highest BCUT2D eigenvalue weighted by molar-refractivity contribution is 4.56. The lowest BCUT2D eigenvalue weighted by Crippen LogP contribution is -2.16. The second-order valence-electron chi connectivity index (χ2n) is 4.40. The third-order valence-corrected chi connectivity index (χ3v) is 2.64. The minimum absolute atomic E-state index is 0.451. The first-order chi connectivity index (χ1) is 6.70. The molecule has 1 heteroatoms. The average molecular weight is 200 g/mol. The molecule has 2 unspecified atom stereocenters. The van der Waals surface area contributed by atoms with Gasteiger partial charge in [-0.25, -0.2) is 0 Å². The van der Waals surface area contributed by atoms with E-state index in [1.54, 1.807) is 0 Å². The molecule has 0 aromatic carbocycles. The van der Waals surface area contributed by atoms with Crippen molar-refractivity contribution in [1.29, 1.82) is 0 Å². The van der Waals surface area contributed by atoms with Gasteiger partial charge in [0.2, 0.25) is 0 Å². The topological polar surface area (TPSA) is 9.23 Å². The van der Waals surface area contributed by atoms with Crippen molar-refractivity contribution in [3.63, 3.8) is 0 Å². The molecule has 0 saturated heterocycles. The Labute approximate surface area is 90.2 Å². The van der Waals surface area contributed by atoms with Gasteiger partial charge in [0.1, 0.15) is 0 Å². The Bertz CT molecular complexity index is 112. The van der Waals surface area contributed by atoms with Crippen LogP contribution in [0.1, 0.15) is 72.6 Å². The number of rotatable bonds is 9. The molecule has 0 saturated carbocycles. The molecule has 0 fully saturated rings. The van der Waals surface area contributed by atoms with E-state index in [1.807, 2.05) is 0 Å². The van der Waals surface area contributed by atoms with Gasteiger partial charge in [0.05, 0.1) is 12.2 Å². The van der Waals surface area contributed by atoms with Crippen LogP contribution in [-0.4, -0.2) is 12.2 Å². The maximum Gasteiger partial charge on any atom is 0.0550 e. The van der Waals surface area contributed by atoms with E-state index in [-0.39, 0.29) is 0 Å². The molecule has 0 aromatic rings. The standard InChI is InChI=1S/C13H28O/c1-5-7-9-11-13(4)14-12(3)10-8-6-2/h12-13H,5-11H2,1-4H3. The third-order valence-electron chi connectivity index (χ3n) is 2.64. The van der Waals surface area contributed by atoms with E-state index in [0.29, 0.717) is 12.2 Å². The van der Waals surface area contributed by atoms with Crippen molar-refractivity contribution >= 4 is 0 Å². The fourth-order valence-corrected chi connectivity index (χ4v) is 1.71. The molecule has 0 aromatic heterocycles. The van der Waals surface area contributed by atoms with Crippen molar-refractivity contribution in [3.8, 4) is 0 Å². The molecule has 0 spiro atoms. The number of hydrogen-bond donors (Lipinski definition) is 0. The van der Waals surface area contributed by atoms with Gasteiger partial charge in [-0.1, -0.05) is 46.0 Å². The molecule has 0 aliphatic carbocycles. The molecule has 0 bridgehead atoms. The molecule has 0 aliphatic heterocycles. The van der Waals surface area contributed by atoms with Crippen molar-refractivity contribution < 1.29 is 4.74 Å². The van der Waals surface area contributed by atoms with Crippen LogP contribution in [0.3, 0.4) is 0 Å². The highest BCUT2D eigenvalue weighted by Crippen LogP contribution is 2.11. The van der Waals surface area contributed by atoms with Gasteiger partial charge in [-0.3, -0.25) is 0 Å². The summed E-state index contributed by atoms with van der Waals surface area (Å²) < 4.78 is 5.90. The van der Waals surface area contributed by atoms with Gasteiger partial charge in [-0.05, 0) is 26.7 Å². The Morgan fingerprint density at radius 3 is 1.79 bits per heavy atom. The van der Waals surface area contributed by atoms with E-state index >= 15 is 0 Å². The lowest BCUT2D eigenvalue weighted by molar-refractivity contribution is -0.00204. The molecule has 0 N–H and O–H groups in total. The van der Waals surface area contributed by atoms with Crippen molar-refractivity contribution in [2.75, 3.05) is 0 Å². The molecule has 1 nitrogen and oxygen atoms in total. The zero-order valence-corrected chi connectivity index (χ0v) is 10.5. The largest absolute Gasteiger partial charge is 0.376 e. The van der Waals surface area contributed by atoms with Crippen molar-refractivity contribution in [2.24, 2.45) is 0 Å². The summed E-state index contributed by atoms with van der Waals surface area (Å²) in [7, 11) is 0.